The largest absolute Gasteiger partial charge is 0.493 e. The van der Waals surface area contributed by atoms with Crippen molar-refractivity contribution in [2.75, 3.05) is 25.6 Å². The molecule has 194 valence electrons. The topological polar surface area (TPSA) is 106 Å². The van der Waals surface area contributed by atoms with Gasteiger partial charge in [0.15, 0.2) is 11.5 Å². The Labute approximate surface area is 221 Å². The normalized spacial score (nSPS) is 11.5. The lowest BCUT2D eigenvalue weighted by Gasteiger charge is -2.19. The van der Waals surface area contributed by atoms with E-state index in [2.05, 4.69) is 48.4 Å². The molecule has 0 unspecified atom stereocenters. The van der Waals surface area contributed by atoms with Crippen molar-refractivity contribution in [2.24, 2.45) is 0 Å². The number of ether oxygens (including phenoxy) is 3. The monoisotopic (exact) mass is 520 g/mol. The molecule has 1 amide bonds. The number of benzene rings is 2. The molecule has 0 fully saturated rings. The number of carbonyl (C=O) groups is 1. The van der Waals surface area contributed by atoms with Gasteiger partial charge in [-0.15, -0.1) is 10.2 Å². The van der Waals surface area contributed by atoms with Crippen LogP contribution < -0.4 is 19.5 Å². The smallest absolute Gasteiger partial charge is 0.268 e. The van der Waals surface area contributed by atoms with Crippen molar-refractivity contribution in [1.29, 1.82) is 5.26 Å². The fraction of sp³-hybridized carbons (Fsp3) is 0.357. The Morgan fingerprint density at radius 3 is 2.46 bits per heavy atom. The van der Waals surface area contributed by atoms with Crippen LogP contribution >= 0.6 is 11.3 Å². The highest BCUT2D eigenvalue weighted by atomic mass is 32.1. The van der Waals surface area contributed by atoms with Crippen LogP contribution in [0.1, 0.15) is 50.3 Å². The summed E-state index contributed by atoms with van der Waals surface area (Å²) in [7, 11) is 1.53. The summed E-state index contributed by atoms with van der Waals surface area (Å²) in [5, 5.41) is 21.3. The number of nitrogens with one attached hydrogen (secondary N) is 1. The summed E-state index contributed by atoms with van der Waals surface area (Å²) in [6.45, 7) is 9.24. The third-order valence-electron chi connectivity index (χ3n) is 5.34. The van der Waals surface area contributed by atoms with Crippen LogP contribution in [0.3, 0.4) is 0 Å². The molecule has 0 spiro atoms. The predicted octanol–water partition coefficient (Wildman–Crippen LogP) is 5.80. The van der Waals surface area contributed by atoms with E-state index in [-0.39, 0.29) is 11.0 Å². The molecule has 37 heavy (non-hydrogen) atoms. The molecule has 2 aromatic carbocycles. The highest BCUT2D eigenvalue weighted by Crippen LogP contribution is 2.29. The standard InChI is InChI=1S/C28H32N4O4S/c1-6-7-25-31-32-27(37-25)30-26(33)20(18-29)16-19-8-13-23(24(17-19)34-5)36-15-14-35-22-11-9-21(10-12-22)28(2,3)4/h8-13,16-17H,6-7,14-15H2,1-5H3,(H,30,32,33)/b20-16-. The summed E-state index contributed by atoms with van der Waals surface area (Å²) in [5.74, 6) is 1.25. The number of carbonyl (C=O) groups excluding carboxylic acids is 1. The maximum absolute atomic E-state index is 12.6. The van der Waals surface area contributed by atoms with Crippen LogP contribution in [-0.4, -0.2) is 36.4 Å². The van der Waals surface area contributed by atoms with E-state index in [1.807, 2.05) is 25.1 Å². The van der Waals surface area contributed by atoms with Crippen LogP contribution in [0.25, 0.3) is 6.08 Å². The van der Waals surface area contributed by atoms with E-state index in [9.17, 15) is 10.1 Å². The zero-order valence-electron chi connectivity index (χ0n) is 21.8. The van der Waals surface area contributed by atoms with Gasteiger partial charge in [-0.2, -0.15) is 5.26 Å². The lowest BCUT2D eigenvalue weighted by Crippen LogP contribution is -2.13. The molecule has 8 nitrogen and oxygen atoms in total. The number of aromatic nitrogens is 2. The minimum absolute atomic E-state index is 0.0613. The van der Waals surface area contributed by atoms with Crippen LogP contribution in [0, 0.1) is 11.3 Å². The Morgan fingerprint density at radius 1 is 1.08 bits per heavy atom. The van der Waals surface area contributed by atoms with E-state index < -0.39 is 5.91 Å². The quantitative estimate of drug-likeness (QED) is 0.193. The molecule has 0 saturated carbocycles. The molecule has 0 aliphatic rings. The number of amides is 1. The summed E-state index contributed by atoms with van der Waals surface area (Å²) in [5.41, 5.74) is 1.89. The first-order chi connectivity index (χ1) is 17.7. The second-order valence-corrected chi connectivity index (χ2v) is 10.3. The van der Waals surface area contributed by atoms with Gasteiger partial charge in [-0.25, -0.2) is 0 Å². The number of nitriles is 1. The van der Waals surface area contributed by atoms with Crippen LogP contribution in [-0.2, 0) is 16.6 Å². The summed E-state index contributed by atoms with van der Waals surface area (Å²) < 4.78 is 17.1. The molecule has 0 saturated heterocycles. The zero-order valence-corrected chi connectivity index (χ0v) is 22.6. The molecule has 0 radical (unpaired) electrons. The van der Waals surface area contributed by atoms with E-state index >= 15 is 0 Å². The average Bonchev–Trinajstić information content (AvgIpc) is 3.32. The van der Waals surface area contributed by atoms with Gasteiger partial charge in [-0.3, -0.25) is 10.1 Å². The lowest BCUT2D eigenvalue weighted by atomic mass is 9.87. The molecule has 1 N–H and O–H groups in total. The van der Waals surface area contributed by atoms with Gasteiger partial charge >= 0.3 is 0 Å². The highest BCUT2D eigenvalue weighted by Gasteiger charge is 2.15. The fourth-order valence-electron chi connectivity index (χ4n) is 3.35. The van der Waals surface area contributed by atoms with Crippen LogP contribution in [0.2, 0.25) is 0 Å². The number of rotatable bonds is 11. The highest BCUT2D eigenvalue weighted by molar-refractivity contribution is 7.15. The summed E-state index contributed by atoms with van der Waals surface area (Å²) >= 11 is 1.30. The van der Waals surface area contributed by atoms with E-state index in [0.717, 1.165) is 23.6 Å². The van der Waals surface area contributed by atoms with Crippen molar-refractivity contribution in [1.82, 2.24) is 10.2 Å². The van der Waals surface area contributed by atoms with Crippen LogP contribution in [0.15, 0.2) is 48.0 Å². The molecular formula is C28H32N4O4S. The van der Waals surface area contributed by atoms with Crippen molar-refractivity contribution >= 4 is 28.5 Å². The maximum atomic E-state index is 12.6. The molecule has 9 heteroatoms. The van der Waals surface area contributed by atoms with Gasteiger partial charge in [-0.05, 0) is 53.3 Å². The van der Waals surface area contributed by atoms with Crippen molar-refractivity contribution in [3.63, 3.8) is 0 Å². The first-order valence-electron chi connectivity index (χ1n) is 12.0. The number of hydrogen-bond acceptors (Lipinski definition) is 8. The summed E-state index contributed by atoms with van der Waals surface area (Å²) in [6, 6.07) is 15.2. The van der Waals surface area contributed by atoms with Crippen LogP contribution in [0.4, 0.5) is 5.13 Å². The molecule has 1 aromatic heterocycles. The molecule has 0 aliphatic carbocycles. The van der Waals surface area contributed by atoms with Gasteiger partial charge in [0.05, 0.1) is 7.11 Å². The molecule has 0 atom stereocenters. The Hall–Kier alpha value is -3.90. The van der Waals surface area contributed by atoms with Gasteiger partial charge in [0.2, 0.25) is 5.13 Å². The average molecular weight is 521 g/mol. The number of hydrogen-bond donors (Lipinski definition) is 1. The van der Waals surface area contributed by atoms with E-state index in [0.29, 0.717) is 35.4 Å². The zero-order chi connectivity index (χ0) is 26.8. The number of anilines is 1. The first-order valence-corrected chi connectivity index (χ1v) is 12.8. The molecular weight excluding hydrogens is 488 g/mol. The molecule has 1 heterocycles. The Morgan fingerprint density at radius 2 is 1.81 bits per heavy atom. The third-order valence-corrected chi connectivity index (χ3v) is 6.24. The first kappa shape index (κ1) is 27.7. The number of methoxy groups -OCH3 is 1. The Kier molecular flexibility index (Phi) is 9.64. The second-order valence-electron chi connectivity index (χ2n) is 9.26. The lowest BCUT2D eigenvalue weighted by molar-refractivity contribution is -0.112. The van der Waals surface area contributed by atoms with Crippen molar-refractivity contribution in [3.05, 3.63) is 64.2 Å². The van der Waals surface area contributed by atoms with Crippen molar-refractivity contribution < 1.29 is 19.0 Å². The van der Waals surface area contributed by atoms with E-state index in [4.69, 9.17) is 14.2 Å². The predicted molar refractivity (Wildman–Crippen MR) is 145 cm³/mol. The maximum Gasteiger partial charge on any atom is 0.268 e. The SMILES string of the molecule is CCCc1nnc(NC(=O)/C(C#N)=C\c2ccc(OCCOc3ccc(C(C)(C)C)cc3)c(OC)c2)s1. The van der Waals surface area contributed by atoms with Gasteiger partial charge in [0.25, 0.3) is 5.91 Å². The van der Waals surface area contributed by atoms with Crippen molar-refractivity contribution in [3.8, 4) is 23.3 Å². The van der Waals surface area contributed by atoms with Crippen molar-refractivity contribution in [2.45, 2.75) is 46.0 Å². The van der Waals surface area contributed by atoms with Crippen LogP contribution in [0.5, 0.6) is 17.2 Å². The van der Waals surface area contributed by atoms with Gasteiger partial charge in [0, 0.05) is 6.42 Å². The van der Waals surface area contributed by atoms with Gasteiger partial charge in [-0.1, -0.05) is 57.2 Å². The number of nitrogens with zero attached hydrogens (tertiary/aromatic N) is 3. The molecule has 0 bridgehead atoms. The number of aryl methyl sites for hydroxylation is 1. The Bertz CT molecular complexity index is 1270. The summed E-state index contributed by atoms with van der Waals surface area (Å²) in [4.78, 5) is 12.6. The molecule has 3 rings (SSSR count). The van der Waals surface area contributed by atoms with E-state index in [1.54, 1.807) is 18.2 Å². The summed E-state index contributed by atoms with van der Waals surface area (Å²) in [6.07, 6.45) is 3.21. The Balaban J connectivity index is 1.58. The third kappa shape index (κ3) is 8.05. The second kappa shape index (κ2) is 12.9. The molecule has 0 aliphatic heterocycles. The minimum Gasteiger partial charge on any atom is -0.493 e. The van der Waals surface area contributed by atoms with Gasteiger partial charge in [0.1, 0.15) is 35.6 Å². The molecule has 3 aromatic rings. The minimum atomic E-state index is -0.548. The van der Waals surface area contributed by atoms with Gasteiger partial charge < -0.3 is 14.2 Å². The van der Waals surface area contributed by atoms with E-state index in [1.165, 1.54) is 30.1 Å². The fourth-order valence-corrected chi connectivity index (χ4v) is 4.19.